The van der Waals surface area contributed by atoms with Crippen molar-refractivity contribution in [3.05, 3.63) is 32.7 Å². The second-order valence-corrected chi connectivity index (χ2v) is 7.51. The van der Waals surface area contributed by atoms with E-state index in [1.165, 1.54) is 0 Å². The number of nitrogens with one attached hydrogen (secondary N) is 1. The number of hydrogen-bond donors (Lipinski definition) is 2. The summed E-state index contributed by atoms with van der Waals surface area (Å²) in [4.78, 5) is 32.3. The maximum Gasteiger partial charge on any atom is 0.261 e. The predicted molar refractivity (Wildman–Crippen MR) is 99.1 cm³/mol. The summed E-state index contributed by atoms with van der Waals surface area (Å²) in [5.41, 5.74) is 2.46. The molecule has 1 saturated heterocycles. The van der Waals surface area contributed by atoms with E-state index < -0.39 is 0 Å². The molecule has 140 valence electrons. The molecule has 1 amide bonds. The van der Waals surface area contributed by atoms with Crippen molar-refractivity contribution < 1.29 is 9.90 Å². The van der Waals surface area contributed by atoms with Gasteiger partial charge in [-0.1, -0.05) is 13.8 Å². The highest BCUT2D eigenvalue weighted by molar-refractivity contribution is 5.95. The van der Waals surface area contributed by atoms with Gasteiger partial charge < -0.3 is 15.0 Å². The zero-order chi connectivity index (χ0) is 18.7. The number of amides is 1. The number of aryl methyl sites for hydroxylation is 1. The first-order valence-corrected chi connectivity index (χ1v) is 9.10. The SMILES string of the molecule is Cc1[nH]c(=O)c(C(=O)N2CCN(CC(C)C)[C@@H](CCO)C2)c(C)c1C. The van der Waals surface area contributed by atoms with Gasteiger partial charge >= 0.3 is 0 Å². The van der Waals surface area contributed by atoms with E-state index in [0.717, 1.165) is 29.9 Å². The molecule has 6 heteroatoms. The Balaban J connectivity index is 2.24. The summed E-state index contributed by atoms with van der Waals surface area (Å²) in [6.45, 7) is 12.9. The number of pyridine rings is 1. The molecular weight excluding hydrogens is 318 g/mol. The van der Waals surface area contributed by atoms with Crippen molar-refractivity contribution in [3.8, 4) is 0 Å². The maximum atomic E-state index is 13.0. The van der Waals surface area contributed by atoms with Crippen molar-refractivity contribution in [1.82, 2.24) is 14.8 Å². The first-order valence-electron chi connectivity index (χ1n) is 9.10. The van der Waals surface area contributed by atoms with E-state index in [0.29, 0.717) is 25.4 Å². The summed E-state index contributed by atoms with van der Waals surface area (Å²) in [5, 5.41) is 9.38. The van der Waals surface area contributed by atoms with Crippen LogP contribution < -0.4 is 5.56 Å². The van der Waals surface area contributed by atoms with Gasteiger partial charge in [-0.25, -0.2) is 0 Å². The van der Waals surface area contributed by atoms with Gasteiger partial charge in [-0.3, -0.25) is 14.5 Å². The smallest absolute Gasteiger partial charge is 0.261 e. The van der Waals surface area contributed by atoms with Gasteiger partial charge in [0.2, 0.25) is 0 Å². The summed E-state index contributed by atoms with van der Waals surface area (Å²) in [5.74, 6) is 0.335. The number of aliphatic hydroxyl groups excluding tert-OH is 1. The van der Waals surface area contributed by atoms with Crippen LogP contribution in [0.3, 0.4) is 0 Å². The van der Waals surface area contributed by atoms with Gasteiger partial charge in [0.15, 0.2) is 0 Å². The molecule has 1 fully saturated rings. The lowest BCUT2D eigenvalue weighted by molar-refractivity contribution is 0.0382. The number of nitrogens with zero attached hydrogens (tertiary/aromatic N) is 2. The minimum absolute atomic E-state index is 0.102. The van der Waals surface area contributed by atoms with E-state index in [4.69, 9.17) is 0 Å². The van der Waals surface area contributed by atoms with Gasteiger partial charge in [0.25, 0.3) is 11.5 Å². The largest absolute Gasteiger partial charge is 0.396 e. The summed E-state index contributed by atoms with van der Waals surface area (Å²) >= 11 is 0. The zero-order valence-electron chi connectivity index (χ0n) is 16.1. The molecule has 0 unspecified atom stereocenters. The van der Waals surface area contributed by atoms with Gasteiger partial charge in [-0.2, -0.15) is 0 Å². The van der Waals surface area contributed by atoms with Crippen molar-refractivity contribution in [2.45, 2.75) is 47.1 Å². The molecule has 1 aliphatic heterocycles. The van der Waals surface area contributed by atoms with Crippen molar-refractivity contribution in [3.63, 3.8) is 0 Å². The minimum atomic E-state index is -0.311. The molecule has 0 radical (unpaired) electrons. The first-order chi connectivity index (χ1) is 11.8. The Hall–Kier alpha value is -1.66. The van der Waals surface area contributed by atoms with Gasteiger partial charge in [0.1, 0.15) is 5.56 Å². The Bertz CT molecular complexity index is 681. The lowest BCUT2D eigenvalue weighted by Gasteiger charge is -2.42. The summed E-state index contributed by atoms with van der Waals surface area (Å²) in [7, 11) is 0. The van der Waals surface area contributed by atoms with Crippen molar-refractivity contribution >= 4 is 5.91 Å². The molecule has 1 atom stereocenters. The van der Waals surface area contributed by atoms with Crippen LogP contribution >= 0.6 is 0 Å². The second-order valence-electron chi connectivity index (χ2n) is 7.51. The Morgan fingerprint density at radius 3 is 2.52 bits per heavy atom. The number of rotatable bonds is 5. The molecule has 6 nitrogen and oxygen atoms in total. The monoisotopic (exact) mass is 349 g/mol. The molecule has 2 rings (SSSR count). The number of carbonyl (C=O) groups is 1. The van der Waals surface area contributed by atoms with Crippen LogP contribution in [0.1, 0.15) is 47.4 Å². The zero-order valence-corrected chi connectivity index (χ0v) is 16.1. The normalized spacial score (nSPS) is 18.8. The first kappa shape index (κ1) is 19.7. The van der Waals surface area contributed by atoms with E-state index in [1.54, 1.807) is 4.90 Å². The fourth-order valence-corrected chi connectivity index (χ4v) is 3.59. The van der Waals surface area contributed by atoms with Crippen LogP contribution in [-0.4, -0.2) is 64.6 Å². The summed E-state index contributed by atoms with van der Waals surface area (Å²) in [6.07, 6.45) is 0.638. The number of piperazine rings is 1. The number of H-pyrrole nitrogens is 1. The molecule has 2 N–H and O–H groups in total. The van der Waals surface area contributed by atoms with Crippen molar-refractivity contribution in [1.29, 1.82) is 0 Å². The number of hydrogen-bond acceptors (Lipinski definition) is 4. The molecule has 0 bridgehead atoms. The molecule has 1 aromatic rings. The average Bonchev–Trinajstić information content (AvgIpc) is 2.54. The molecule has 25 heavy (non-hydrogen) atoms. The molecule has 0 saturated carbocycles. The standard InChI is InChI=1S/C19H31N3O3/c1-12(2)10-21-7-8-22(11-16(21)6-9-23)19(25)17-14(4)13(3)15(5)20-18(17)24/h12,16,23H,6-11H2,1-5H3,(H,20,24)/t16-/m0/s1. The van der Waals surface area contributed by atoms with Crippen molar-refractivity contribution in [2.24, 2.45) is 5.92 Å². The fourth-order valence-electron chi connectivity index (χ4n) is 3.59. The Morgan fingerprint density at radius 1 is 1.24 bits per heavy atom. The third-order valence-electron chi connectivity index (χ3n) is 5.20. The molecule has 0 aliphatic carbocycles. The third kappa shape index (κ3) is 4.30. The molecule has 1 aliphatic rings. The van der Waals surface area contributed by atoms with Crippen LogP contribution in [0.2, 0.25) is 0 Å². The van der Waals surface area contributed by atoms with Gasteiger partial charge in [0, 0.05) is 44.5 Å². The molecule has 0 aromatic carbocycles. The Morgan fingerprint density at radius 2 is 1.92 bits per heavy atom. The number of carbonyl (C=O) groups excluding carboxylic acids is 1. The van der Waals surface area contributed by atoms with E-state index in [-0.39, 0.29) is 29.7 Å². The van der Waals surface area contributed by atoms with Crippen LogP contribution in [-0.2, 0) is 0 Å². The molecule has 2 heterocycles. The van der Waals surface area contributed by atoms with Crippen LogP contribution in [0.5, 0.6) is 0 Å². The van der Waals surface area contributed by atoms with E-state index >= 15 is 0 Å². The second kappa shape index (κ2) is 8.15. The molecule has 1 aromatic heterocycles. The highest BCUT2D eigenvalue weighted by atomic mass is 16.3. The Kier molecular flexibility index (Phi) is 6.41. The van der Waals surface area contributed by atoms with Crippen molar-refractivity contribution in [2.75, 3.05) is 32.8 Å². The van der Waals surface area contributed by atoms with Crippen LogP contribution in [0, 0.1) is 26.7 Å². The third-order valence-corrected chi connectivity index (χ3v) is 5.20. The number of aromatic amines is 1. The Labute approximate surface area is 149 Å². The predicted octanol–water partition coefficient (Wildman–Crippen LogP) is 1.46. The van der Waals surface area contributed by atoms with Gasteiger partial charge in [0.05, 0.1) is 0 Å². The van der Waals surface area contributed by atoms with Gasteiger partial charge in [-0.15, -0.1) is 0 Å². The van der Waals surface area contributed by atoms with E-state index in [9.17, 15) is 14.7 Å². The highest BCUT2D eigenvalue weighted by Crippen LogP contribution is 2.19. The summed E-state index contributed by atoms with van der Waals surface area (Å²) < 4.78 is 0. The quantitative estimate of drug-likeness (QED) is 0.844. The average molecular weight is 349 g/mol. The summed E-state index contributed by atoms with van der Waals surface area (Å²) in [6, 6.07) is 0.135. The number of aliphatic hydroxyl groups is 1. The topological polar surface area (TPSA) is 76.6 Å². The minimum Gasteiger partial charge on any atom is -0.396 e. The van der Waals surface area contributed by atoms with Gasteiger partial charge in [-0.05, 0) is 44.2 Å². The van der Waals surface area contributed by atoms with Crippen LogP contribution in [0.4, 0.5) is 0 Å². The lowest BCUT2D eigenvalue weighted by Crippen LogP contribution is -2.56. The fraction of sp³-hybridized carbons (Fsp3) is 0.684. The van der Waals surface area contributed by atoms with Crippen LogP contribution in [0.15, 0.2) is 4.79 Å². The van der Waals surface area contributed by atoms with E-state index in [2.05, 4.69) is 23.7 Å². The molecular formula is C19H31N3O3. The highest BCUT2D eigenvalue weighted by Gasteiger charge is 2.31. The molecule has 0 spiro atoms. The van der Waals surface area contributed by atoms with Crippen LogP contribution in [0.25, 0.3) is 0 Å². The van der Waals surface area contributed by atoms with E-state index in [1.807, 2.05) is 20.8 Å². The number of aromatic nitrogens is 1. The lowest BCUT2D eigenvalue weighted by atomic mass is 10.0. The maximum absolute atomic E-state index is 13.0.